The molecule has 96 valence electrons. The zero-order chi connectivity index (χ0) is 13.2. The number of aliphatic hydroxyl groups excluding tert-OH is 2. The zero-order valence-electron chi connectivity index (χ0n) is 9.49. The number of nitrogens with two attached hydrogens (primary N) is 1. The Morgan fingerprint density at radius 3 is 1.81 bits per heavy atom. The molecule has 5 N–H and O–H groups in total. The standard InChI is InChI=1S/C7H13BrN2O2.C2H6O2/c1-3-7(8,4-2)5(11)10-6(9)12;3-1-2-4/h3-4H2,1-2H3,(H3,9,10,11,12);3-4H,1-2H2. The predicted molar refractivity (Wildman–Crippen MR) is 64.1 cm³/mol. The third-order valence-corrected chi connectivity index (χ3v) is 3.35. The first kappa shape index (κ1) is 17.7. The summed E-state index contributed by atoms with van der Waals surface area (Å²) in [6.07, 6.45) is 1.23. The number of hydrogen-bond donors (Lipinski definition) is 4. The fourth-order valence-electron chi connectivity index (χ4n) is 0.795. The van der Waals surface area contributed by atoms with Gasteiger partial charge in [-0.05, 0) is 12.8 Å². The normalized spacial score (nSPS) is 10.1. The number of aliphatic hydroxyl groups is 2. The van der Waals surface area contributed by atoms with Crippen LogP contribution in [0, 0.1) is 0 Å². The Balaban J connectivity index is 0. The van der Waals surface area contributed by atoms with Gasteiger partial charge in [-0.25, -0.2) is 4.79 Å². The summed E-state index contributed by atoms with van der Waals surface area (Å²) in [7, 11) is 0. The fraction of sp³-hybridized carbons (Fsp3) is 0.778. The highest BCUT2D eigenvalue weighted by Crippen LogP contribution is 2.26. The molecule has 0 spiro atoms. The third-order valence-electron chi connectivity index (χ3n) is 1.86. The van der Waals surface area contributed by atoms with Gasteiger partial charge in [0.1, 0.15) is 4.32 Å². The van der Waals surface area contributed by atoms with Gasteiger partial charge in [0.2, 0.25) is 5.91 Å². The lowest BCUT2D eigenvalue weighted by Crippen LogP contribution is -2.46. The molecule has 3 amide bonds. The lowest BCUT2D eigenvalue weighted by Gasteiger charge is -2.21. The van der Waals surface area contributed by atoms with E-state index in [1.165, 1.54) is 0 Å². The summed E-state index contributed by atoms with van der Waals surface area (Å²) in [5.74, 6) is -0.375. The monoisotopic (exact) mass is 298 g/mol. The van der Waals surface area contributed by atoms with Crippen LogP contribution in [-0.4, -0.2) is 39.7 Å². The molecule has 0 aromatic carbocycles. The molecule has 0 aliphatic carbocycles. The number of halogens is 1. The first-order chi connectivity index (χ1) is 7.37. The predicted octanol–water partition coefficient (Wildman–Crippen LogP) is 0.106. The van der Waals surface area contributed by atoms with Crippen molar-refractivity contribution in [3.63, 3.8) is 0 Å². The summed E-state index contributed by atoms with van der Waals surface area (Å²) in [5.41, 5.74) is 4.81. The van der Waals surface area contributed by atoms with Crippen LogP contribution in [0.1, 0.15) is 26.7 Å². The molecule has 16 heavy (non-hydrogen) atoms. The van der Waals surface area contributed by atoms with Gasteiger partial charge in [0.05, 0.1) is 13.2 Å². The van der Waals surface area contributed by atoms with Crippen molar-refractivity contribution in [1.29, 1.82) is 0 Å². The van der Waals surface area contributed by atoms with E-state index in [1.54, 1.807) is 0 Å². The SMILES string of the molecule is CCC(Br)(CC)C(=O)NC(N)=O.OCCO. The number of imide groups is 1. The number of alkyl halides is 1. The molecule has 0 heterocycles. The van der Waals surface area contributed by atoms with E-state index in [0.717, 1.165) is 0 Å². The van der Waals surface area contributed by atoms with Crippen LogP contribution in [0.5, 0.6) is 0 Å². The molecule has 6 nitrogen and oxygen atoms in total. The molecule has 0 aliphatic heterocycles. The van der Waals surface area contributed by atoms with Crippen molar-refractivity contribution in [3.8, 4) is 0 Å². The largest absolute Gasteiger partial charge is 0.394 e. The Kier molecular flexibility index (Phi) is 10.6. The second-order valence-electron chi connectivity index (χ2n) is 2.94. The Bertz CT molecular complexity index is 218. The molecule has 0 fully saturated rings. The molecule has 0 unspecified atom stereocenters. The lowest BCUT2D eigenvalue weighted by atomic mass is 10.0. The number of carbonyl (C=O) groups excluding carboxylic acids is 2. The molecule has 7 heteroatoms. The van der Waals surface area contributed by atoms with Gasteiger partial charge in [-0.15, -0.1) is 0 Å². The minimum atomic E-state index is -0.814. The Labute approximate surface area is 103 Å². The molecule has 0 rings (SSSR count). The number of hydrogen-bond acceptors (Lipinski definition) is 4. The first-order valence-electron chi connectivity index (χ1n) is 4.89. The molecule has 0 aromatic heterocycles. The Morgan fingerprint density at radius 2 is 1.62 bits per heavy atom. The molecule has 0 saturated carbocycles. The Hall–Kier alpha value is -0.660. The highest BCUT2D eigenvalue weighted by atomic mass is 79.9. The summed E-state index contributed by atoms with van der Waals surface area (Å²) < 4.78 is -0.665. The van der Waals surface area contributed by atoms with E-state index >= 15 is 0 Å². The van der Waals surface area contributed by atoms with Crippen LogP contribution >= 0.6 is 15.9 Å². The van der Waals surface area contributed by atoms with Crippen LogP contribution in [0.3, 0.4) is 0 Å². The summed E-state index contributed by atoms with van der Waals surface area (Å²) in [6, 6.07) is -0.814. The van der Waals surface area contributed by atoms with E-state index in [1.807, 2.05) is 19.2 Å². The van der Waals surface area contributed by atoms with Crippen LogP contribution in [0.15, 0.2) is 0 Å². The van der Waals surface area contributed by atoms with E-state index in [4.69, 9.17) is 15.9 Å². The third kappa shape index (κ3) is 7.61. The van der Waals surface area contributed by atoms with Crippen molar-refractivity contribution in [1.82, 2.24) is 5.32 Å². The van der Waals surface area contributed by atoms with E-state index in [-0.39, 0.29) is 19.1 Å². The number of rotatable bonds is 4. The maximum Gasteiger partial charge on any atom is 0.318 e. The van der Waals surface area contributed by atoms with Crippen molar-refractivity contribution in [3.05, 3.63) is 0 Å². The summed E-state index contributed by atoms with van der Waals surface area (Å²) in [5, 5.41) is 17.3. The molecule has 0 aliphatic rings. The van der Waals surface area contributed by atoms with E-state index in [9.17, 15) is 9.59 Å². The van der Waals surface area contributed by atoms with Gasteiger partial charge < -0.3 is 15.9 Å². The maximum atomic E-state index is 11.3. The second kappa shape index (κ2) is 9.56. The number of nitrogens with one attached hydrogen (secondary N) is 1. The smallest absolute Gasteiger partial charge is 0.318 e. The summed E-state index contributed by atoms with van der Waals surface area (Å²) >= 11 is 3.26. The molecule has 0 aromatic rings. The second-order valence-corrected chi connectivity index (χ2v) is 4.46. The van der Waals surface area contributed by atoms with Crippen LogP contribution in [-0.2, 0) is 4.79 Å². The van der Waals surface area contributed by atoms with Crippen molar-refractivity contribution in [2.75, 3.05) is 13.2 Å². The van der Waals surface area contributed by atoms with E-state index in [2.05, 4.69) is 15.9 Å². The van der Waals surface area contributed by atoms with Crippen LogP contribution in [0.4, 0.5) is 4.79 Å². The molecular weight excluding hydrogens is 280 g/mol. The van der Waals surface area contributed by atoms with Gasteiger partial charge in [0.25, 0.3) is 0 Å². The van der Waals surface area contributed by atoms with Crippen molar-refractivity contribution < 1.29 is 19.8 Å². The number of carbonyl (C=O) groups is 2. The molecule has 0 radical (unpaired) electrons. The van der Waals surface area contributed by atoms with Gasteiger partial charge in [0, 0.05) is 0 Å². The van der Waals surface area contributed by atoms with Gasteiger partial charge in [-0.2, -0.15) is 0 Å². The van der Waals surface area contributed by atoms with Crippen LogP contribution < -0.4 is 11.1 Å². The molecule has 0 bridgehead atoms. The lowest BCUT2D eigenvalue weighted by molar-refractivity contribution is -0.122. The van der Waals surface area contributed by atoms with Gasteiger partial charge >= 0.3 is 6.03 Å². The van der Waals surface area contributed by atoms with Crippen LogP contribution in [0.2, 0.25) is 0 Å². The van der Waals surface area contributed by atoms with E-state index < -0.39 is 10.4 Å². The van der Waals surface area contributed by atoms with Crippen LogP contribution in [0.25, 0.3) is 0 Å². The fourth-order valence-corrected chi connectivity index (χ4v) is 0.894. The Morgan fingerprint density at radius 1 is 1.25 bits per heavy atom. The minimum Gasteiger partial charge on any atom is -0.394 e. The highest BCUT2D eigenvalue weighted by molar-refractivity contribution is 9.10. The maximum absolute atomic E-state index is 11.3. The van der Waals surface area contributed by atoms with Crippen molar-refractivity contribution >= 4 is 27.9 Å². The van der Waals surface area contributed by atoms with Gasteiger partial charge in [-0.3, -0.25) is 10.1 Å². The molecular formula is C9H19BrN2O4. The average molecular weight is 299 g/mol. The van der Waals surface area contributed by atoms with Crippen molar-refractivity contribution in [2.24, 2.45) is 5.73 Å². The summed E-state index contributed by atoms with van der Waals surface area (Å²) in [4.78, 5) is 21.6. The number of urea groups is 1. The highest BCUT2D eigenvalue weighted by Gasteiger charge is 2.32. The van der Waals surface area contributed by atoms with E-state index in [0.29, 0.717) is 12.8 Å². The topological polar surface area (TPSA) is 113 Å². The summed E-state index contributed by atoms with van der Waals surface area (Å²) in [6.45, 7) is 3.47. The zero-order valence-corrected chi connectivity index (χ0v) is 11.1. The first-order valence-corrected chi connectivity index (χ1v) is 5.68. The number of primary amides is 1. The van der Waals surface area contributed by atoms with Crippen molar-refractivity contribution in [2.45, 2.75) is 31.0 Å². The average Bonchev–Trinajstić information content (AvgIpc) is 2.27. The number of amides is 3. The molecule has 0 saturated heterocycles. The van der Waals surface area contributed by atoms with Gasteiger partial charge in [0.15, 0.2) is 0 Å². The quantitative estimate of drug-likeness (QED) is 0.552. The molecule has 0 atom stereocenters. The minimum absolute atomic E-state index is 0.125. The van der Waals surface area contributed by atoms with Gasteiger partial charge in [-0.1, -0.05) is 29.8 Å².